The number of nitrogens with one attached hydrogen (secondary N) is 2. The lowest BCUT2D eigenvalue weighted by molar-refractivity contribution is -0.140. The van der Waals surface area contributed by atoms with Gasteiger partial charge in [-0.25, -0.2) is 4.39 Å². The molecule has 0 spiro atoms. The number of alkyl halides is 3. The molecule has 2 heterocycles. The molecule has 0 aliphatic carbocycles. The van der Waals surface area contributed by atoms with Gasteiger partial charge in [0.2, 0.25) is 5.91 Å². The fraction of sp³-hybridized carbons (Fsp3) is 0.304. The molecule has 5 nitrogen and oxygen atoms in total. The van der Waals surface area contributed by atoms with E-state index in [0.29, 0.717) is 35.1 Å². The van der Waals surface area contributed by atoms with Crippen LogP contribution in [-0.4, -0.2) is 23.6 Å². The van der Waals surface area contributed by atoms with Gasteiger partial charge in [0.1, 0.15) is 5.82 Å². The molecule has 0 radical (unpaired) electrons. The van der Waals surface area contributed by atoms with Gasteiger partial charge >= 0.3 is 6.18 Å². The molecule has 32 heavy (non-hydrogen) atoms. The molecule has 1 aromatic heterocycles. The Morgan fingerprint density at radius 1 is 1.19 bits per heavy atom. The maximum Gasteiger partial charge on any atom is 0.419 e. The predicted molar refractivity (Wildman–Crippen MR) is 113 cm³/mol. The third-order valence-electron chi connectivity index (χ3n) is 5.72. The van der Waals surface area contributed by atoms with Crippen molar-refractivity contribution in [2.45, 2.75) is 32.0 Å². The first kappa shape index (κ1) is 22.0. The van der Waals surface area contributed by atoms with Crippen LogP contribution in [0.1, 0.15) is 29.2 Å². The second-order valence-electron chi connectivity index (χ2n) is 7.93. The maximum absolute atomic E-state index is 13.8. The third-order valence-corrected chi connectivity index (χ3v) is 5.72. The average Bonchev–Trinajstić information content (AvgIpc) is 3.24. The van der Waals surface area contributed by atoms with Crippen molar-refractivity contribution >= 4 is 22.4 Å². The maximum atomic E-state index is 13.8. The molecule has 1 atom stereocenters. The second kappa shape index (κ2) is 8.38. The van der Waals surface area contributed by atoms with Crippen LogP contribution in [0.2, 0.25) is 0 Å². The summed E-state index contributed by atoms with van der Waals surface area (Å²) in [6.45, 7) is 3.33. The number of aryl methyl sites for hydroxylation is 1. The number of pyridine rings is 1. The van der Waals surface area contributed by atoms with Gasteiger partial charge < -0.3 is 15.2 Å². The van der Waals surface area contributed by atoms with Crippen LogP contribution in [0, 0.1) is 12.7 Å². The summed E-state index contributed by atoms with van der Waals surface area (Å²) in [5.74, 6) is -1.95. The number of aromatic nitrogens is 1. The van der Waals surface area contributed by atoms with Crippen LogP contribution in [-0.2, 0) is 17.4 Å². The van der Waals surface area contributed by atoms with E-state index in [1.54, 1.807) is 35.9 Å². The molecule has 1 amide bonds. The molecule has 1 fully saturated rings. The van der Waals surface area contributed by atoms with Crippen LogP contribution < -0.4 is 16.2 Å². The van der Waals surface area contributed by atoms with E-state index in [1.807, 2.05) is 0 Å². The van der Waals surface area contributed by atoms with Crippen molar-refractivity contribution in [2.75, 3.05) is 18.4 Å². The Labute approximate surface area is 181 Å². The van der Waals surface area contributed by atoms with E-state index in [1.165, 1.54) is 0 Å². The van der Waals surface area contributed by atoms with E-state index in [0.717, 1.165) is 24.6 Å². The van der Waals surface area contributed by atoms with Crippen LogP contribution in [0.15, 0.2) is 47.4 Å². The fourth-order valence-corrected chi connectivity index (χ4v) is 4.05. The number of carbonyl (C=O) groups excluding carboxylic acids is 1. The van der Waals surface area contributed by atoms with Crippen molar-refractivity contribution in [2.24, 2.45) is 0 Å². The zero-order chi connectivity index (χ0) is 23.0. The summed E-state index contributed by atoms with van der Waals surface area (Å²) in [4.78, 5) is 25.6. The van der Waals surface area contributed by atoms with Gasteiger partial charge in [-0.1, -0.05) is 12.1 Å². The lowest BCUT2D eigenvalue weighted by Gasteiger charge is -2.16. The number of benzene rings is 2. The molecule has 2 aromatic carbocycles. The lowest BCUT2D eigenvalue weighted by Crippen LogP contribution is -2.26. The van der Waals surface area contributed by atoms with E-state index >= 15 is 0 Å². The molecule has 1 aliphatic heterocycles. The molecule has 0 saturated carbocycles. The van der Waals surface area contributed by atoms with Crippen molar-refractivity contribution in [1.82, 2.24) is 9.88 Å². The van der Waals surface area contributed by atoms with Crippen LogP contribution in [0.3, 0.4) is 0 Å². The second-order valence-corrected chi connectivity index (χ2v) is 7.93. The summed E-state index contributed by atoms with van der Waals surface area (Å²) in [6.07, 6.45) is -2.55. The molecule has 0 bridgehead atoms. The smallest absolute Gasteiger partial charge is 0.325 e. The van der Waals surface area contributed by atoms with Gasteiger partial charge in [-0.15, -0.1) is 0 Å². The van der Waals surface area contributed by atoms with Crippen molar-refractivity contribution < 1.29 is 22.4 Å². The normalized spacial score (nSPS) is 16.5. The van der Waals surface area contributed by atoms with Crippen LogP contribution >= 0.6 is 0 Å². The highest BCUT2D eigenvalue weighted by atomic mass is 19.4. The van der Waals surface area contributed by atoms with Crippen LogP contribution in [0.25, 0.3) is 10.8 Å². The number of carbonyl (C=O) groups is 1. The quantitative estimate of drug-likeness (QED) is 0.590. The highest BCUT2D eigenvalue weighted by Gasteiger charge is 2.34. The number of anilines is 1. The molecular formula is C23H21F4N3O2. The van der Waals surface area contributed by atoms with Crippen molar-refractivity contribution in [3.05, 3.63) is 75.5 Å². The van der Waals surface area contributed by atoms with E-state index in [4.69, 9.17) is 0 Å². The monoisotopic (exact) mass is 447 g/mol. The first-order valence-electron chi connectivity index (χ1n) is 10.2. The van der Waals surface area contributed by atoms with Crippen molar-refractivity contribution in [1.29, 1.82) is 0 Å². The molecule has 0 unspecified atom stereocenters. The van der Waals surface area contributed by atoms with E-state index in [2.05, 4.69) is 10.6 Å². The summed E-state index contributed by atoms with van der Waals surface area (Å²) in [7, 11) is 0. The molecule has 3 aromatic rings. The Morgan fingerprint density at radius 3 is 2.62 bits per heavy atom. The number of hydrogen-bond acceptors (Lipinski definition) is 3. The summed E-state index contributed by atoms with van der Waals surface area (Å²) < 4.78 is 53.7. The predicted octanol–water partition coefficient (Wildman–Crippen LogP) is 4.18. The van der Waals surface area contributed by atoms with Gasteiger partial charge in [0, 0.05) is 23.5 Å². The third kappa shape index (κ3) is 4.25. The Kier molecular flexibility index (Phi) is 5.77. The Bertz CT molecular complexity index is 1240. The van der Waals surface area contributed by atoms with Crippen LogP contribution in [0.5, 0.6) is 0 Å². The van der Waals surface area contributed by atoms with Gasteiger partial charge in [0.15, 0.2) is 0 Å². The molecule has 1 aliphatic rings. The summed E-state index contributed by atoms with van der Waals surface area (Å²) in [5, 5.41) is 7.00. The minimum absolute atomic E-state index is 0.0702. The van der Waals surface area contributed by atoms with Crippen molar-refractivity contribution in [3.63, 3.8) is 0 Å². The zero-order valence-electron chi connectivity index (χ0n) is 17.2. The number of hydrogen-bond donors (Lipinski definition) is 2. The van der Waals surface area contributed by atoms with Crippen LogP contribution in [0.4, 0.5) is 23.2 Å². The first-order chi connectivity index (χ1) is 15.1. The fourth-order valence-electron chi connectivity index (χ4n) is 4.05. The summed E-state index contributed by atoms with van der Waals surface area (Å²) >= 11 is 0. The van der Waals surface area contributed by atoms with E-state index < -0.39 is 23.5 Å². The minimum atomic E-state index is -4.80. The number of nitrogens with zero attached hydrogens (tertiary/aromatic N) is 1. The first-order valence-corrected chi connectivity index (χ1v) is 10.2. The lowest BCUT2D eigenvalue weighted by atomic mass is 10.0. The molecular weight excluding hydrogens is 426 g/mol. The topological polar surface area (TPSA) is 63.1 Å². The van der Waals surface area contributed by atoms with Gasteiger partial charge in [-0.05, 0) is 55.3 Å². The Morgan fingerprint density at radius 2 is 1.97 bits per heavy atom. The standard InChI is InChI=1S/C23H21F4N3O2/c1-13-2-4-17-16(7-9-30(22(17)32)15-6-8-28-12-15)21(13)29-20(31)11-14-3-5-18(19(24)10-14)23(25,26)27/h2-5,7,9-10,15,28H,6,8,11-12H2,1H3,(H,29,31)/t15-/m0/s1. The SMILES string of the molecule is Cc1ccc2c(=O)n([C@H]3CCNC3)ccc2c1NC(=O)Cc1ccc(C(F)(F)F)c(F)c1. The van der Waals surface area contributed by atoms with E-state index in [9.17, 15) is 27.2 Å². The van der Waals surface area contributed by atoms with Crippen molar-refractivity contribution in [3.8, 4) is 0 Å². The van der Waals surface area contributed by atoms with E-state index in [-0.39, 0.29) is 23.6 Å². The van der Waals surface area contributed by atoms with Gasteiger partial charge in [0.05, 0.1) is 23.7 Å². The zero-order valence-corrected chi connectivity index (χ0v) is 17.2. The highest BCUT2D eigenvalue weighted by molar-refractivity contribution is 6.03. The minimum Gasteiger partial charge on any atom is -0.325 e. The largest absolute Gasteiger partial charge is 0.419 e. The number of halogens is 4. The molecule has 4 rings (SSSR count). The summed E-state index contributed by atoms with van der Waals surface area (Å²) in [6, 6.07) is 7.71. The number of rotatable bonds is 4. The molecule has 1 saturated heterocycles. The van der Waals surface area contributed by atoms with Gasteiger partial charge in [0.25, 0.3) is 5.56 Å². The summed E-state index contributed by atoms with van der Waals surface area (Å²) in [5.41, 5.74) is -0.239. The number of amides is 1. The number of fused-ring (bicyclic) bond motifs is 1. The molecule has 2 N–H and O–H groups in total. The Hall–Kier alpha value is -3.20. The average molecular weight is 447 g/mol. The molecule has 168 valence electrons. The van der Waals surface area contributed by atoms with Gasteiger partial charge in [-0.2, -0.15) is 13.2 Å². The highest BCUT2D eigenvalue weighted by Crippen LogP contribution is 2.32. The van der Waals surface area contributed by atoms with Gasteiger partial charge in [-0.3, -0.25) is 9.59 Å². The Balaban J connectivity index is 1.60. The molecule has 9 heteroatoms.